The van der Waals surface area contributed by atoms with Crippen LogP contribution in [-0.2, 0) is 9.53 Å². The van der Waals surface area contributed by atoms with Gasteiger partial charge in [-0.05, 0) is 29.2 Å². The maximum Gasteiger partial charge on any atom is 0.409 e. The average Bonchev–Trinajstić information content (AvgIpc) is 3.23. The van der Waals surface area contributed by atoms with Gasteiger partial charge in [-0.3, -0.25) is 4.79 Å². The first-order chi connectivity index (χ1) is 14.1. The number of hydrogen-bond donors (Lipinski definition) is 1. The van der Waals surface area contributed by atoms with Gasteiger partial charge in [0.25, 0.3) is 0 Å². The van der Waals surface area contributed by atoms with Crippen LogP contribution in [0.3, 0.4) is 0 Å². The Morgan fingerprint density at radius 1 is 1.10 bits per heavy atom. The van der Waals surface area contributed by atoms with Crippen LogP contribution in [0, 0.1) is 11.3 Å². The molecule has 0 bridgehead atoms. The van der Waals surface area contributed by atoms with Crippen molar-refractivity contribution in [3.05, 3.63) is 59.7 Å². The van der Waals surface area contributed by atoms with Crippen molar-refractivity contribution in [2.45, 2.75) is 19.0 Å². The fraction of sp³-hybridized carbons (Fsp3) is 0.364. The number of halogens is 3. The van der Waals surface area contributed by atoms with Gasteiger partial charge in [-0.2, -0.15) is 13.2 Å². The lowest BCUT2D eigenvalue weighted by molar-refractivity contribution is -0.228. The fourth-order valence-corrected chi connectivity index (χ4v) is 4.46. The number of rotatable bonds is 3. The van der Waals surface area contributed by atoms with Gasteiger partial charge in [-0.15, -0.1) is 0 Å². The average molecular weight is 419 g/mol. The molecule has 2 atom stereocenters. The van der Waals surface area contributed by atoms with Crippen molar-refractivity contribution in [3.8, 4) is 11.1 Å². The lowest BCUT2D eigenvalue weighted by Crippen LogP contribution is -2.45. The maximum absolute atomic E-state index is 13.5. The minimum absolute atomic E-state index is 0.0379. The lowest BCUT2D eigenvalue weighted by Gasteiger charge is -2.30. The highest BCUT2D eigenvalue weighted by Gasteiger charge is 2.63. The van der Waals surface area contributed by atoms with Crippen LogP contribution in [0.4, 0.5) is 18.0 Å². The van der Waals surface area contributed by atoms with Crippen LogP contribution >= 0.6 is 0 Å². The first-order valence-electron chi connectivity index (χ1n) is 9.53. The Morgan fingerprint density at radius 3 is 2.10 bits per heavy atom. The normalized spacial score (nSPS) is 23.2. The largest absolute Gasteiger partial charge is 0.481 e. The third-order valence-corrected chi connectivity index (χ3v) is 6.23. The highest BCUT2D eigenvalue weighted by Crippen LogP contribution is 2.49. The zero-order valence-corrected chi connectivity index (χ0v) is 16.1. The summed E-state index contributed by atoms with van der Waals surface area (Å²) in [6.45, 7) is -0.488. The van der Waals surface area contributed by atoms with Gasteiger partial charge in [0.1, 0.15) is 6.61 Å². The van der Waals surface area contributed by atoms with E-state index in [9.17, 15) is 27.9 Å². The molecule has 1 fully saturated rings. The maximum atomic E-state index is 13.5. The molecule has 0 radical (unpaired) electrons. The smallest absolute Gasteiger partial charge is 0.409 e. The van der Waals surface area contributed by atoms with Gasteiger partial charge in [0.2, 0.25) is 0 Å². The number of ether oxygens (including phenoxy) is 1. The van der Waals surface area contributed by atoms with E-state index in [0.717, 1.165) is 34.1 Å². The number of alkyl halides is 3. The lowest BCUT2D eigenvalue weighted by atomic mass is 9.79. The molecule has 2 aliphatic rings. The SMILES string of the molecule is CC1(C(F)(F)F)CN(C(=O)OCC2c3ccccc3-c3ccccc32)CC1C(=O)O. The number of benzene rings is 2. The van der Waals surface area contributed by atoms with E-state index in [1.165, 1.54) is 0 Å². The third kappa shape index (κ3) is 3.11. The summed E-state index contributed by atoms with van der Waals surface area (Å²) in [7, 11) is 0. The third-order valence-electron chi connectivity index (χ3n) is 6.23. The number of carbonyl (C=O) groups excluding carboxylic acids is 1. The van der Waals surface area contributed by atoms with Crippen molar-refractivity contribution in [1.29, 1.82) is 0 Å². The summed E-state index contributed by atoms with van der Waals surface area (Å²) in [4.78, 5) is 24.8. The van der Waals surface area contributed by atoms with Crippen LogP contribution in [0.5, 0.6) is 0 Å². The number of likely N-dealkylation sites (tertiary alicyclic amines) is 1. The molecule has 0 saturated carbocycles. The van der Waals surface area contributed by atoms with E-state index in [-0.39, 0.29) is 12.5 Å². The molecule has 1 aliphatic heterocycles. The molecule has 0 aromatic heterocycles. The van der Waals surface area contributed by atoms with Crippen molar-refractivity contribution in [2.75, 3.05) is 19.7 Å². The molecular formula is C22H20F3NO4. The van der Waals surface area contributed by atoms with E-state index < -0.39 is 42.7 Å². The molecule has 1 aliphatic carbocycles. The highest BCUT2D eigenvalue weighted by molar-refractivity contribution is 5.79. The molecule has 1 N–H and O–H groups in total. The second-order valence-electron chi connectivity index (χ2n) is 7.99. The number of carbonyl (C=O) groups is 2. The van der Waals surface area contributed by atoms with Crippen LogP contribution in [0.2, 0.25) is 0 Å². The zero-order valence-electron chi connectivity index (χ0n) is 16.1. The molecule has 1 heterocycles. The molecule has 5 nitrogen and oxygen atoms in total. The van der Waals surface area contributed by atoms with Crippen LogP contribution < -0.4 is 0 Å². The van der Waals surface area contributed by atoms with Crippen LogP contribution in [0.25, 0.3) is 11.1 Å². The standard InChI is InChI=1S/C22H20F3NO4/c1-21(22(23,24)25)12-26(10-18(21)19(27)28)20(29)30-11-17-15-8-4-2-6-13(15)14-7-3-5-9-16(14)17/h2-9,17-18H,10-12H2,1H3,(H,27,28). The summed E-state index contributed by atoms with van der Waals surface area (Å²) >= 11 is 0. The first-order valence-corrected chi connectivity index (χ1v) is 9.53. The Kier molecular flexibility index (Phi) is 4.75. The monoisotopic (exact) mass is 419 g/mol. The molecule has 1 saturated heterocycles. The summed E-state index contributed by atoms with van der Waals surface area (Å²) in [5.74, 6) is -3.55. The number of carboxylic acids is 1. The van der Waals surface area contributed by atoms with E-state index in [1.54, 1.807) is 0 Å². The quantitative estimate of drug-likeness (QED) is 0.795. The van der Waals surface area contributed by atoms with Crippen molar-refractivity contribution in [1.82, 2.24) is 4.90 Å². The molecule has 1 amide bonds. The number of nitrogens with zero attached hydrogens (tertiary/aromatic N) is 1. The Balaban J connectivity index is 1.52. The van der Waals surface area contributed by atoms with E-state index >= 15 is 0 Å². The number of hydrogen-bond acceptors (Lipinski definition) is 3. The number of carboxylic acid groups (broad SMARTS) is 1. The van der Waals surface area contributed by atoms with Crippen LogP contribution in [0.15, 0.2) is 48.5 Å². The predicted molar refractivity (Wildman–Crippen MR) is 102 cm³/mol. The Bertz CT molecular complexity index is 960. The highest BCUT2D eigenvalue weighted by atomic mass is 19.4. The van der Waals surface area contributed by atoms with E-state index in [1.807, 2.05) is 48.5 Å². The van der Waals surface area contributed by atoms with Gasteiger partial charge >= 0.3 is 18.2 Å². The fourth-order valence-electron chi connectivity index (χ4n) is 4.46. The molecule has 2 unspecified atom stereocenters. The van der Waals surface area contributed by atoms with Gasteiger partial charge < -0.3 is 14.7 Å². The molecule has 158 valence electrons. The number of fused-ring (bicyclic) bond motifs is 3. The molecule has 8 heteroatoms. The molecule has 2 aromatic rings. The number of amides is 1. The summed E-state index contributed by atoms with van der Waals surface area (Å²) in [5, 5.41) is 9.25. The van der Waals surface area contributed by atoms with Crippen molar-refractivity contribution < 1.29 is 32.6 Å². The molecular weight excluding hydrogens is 399 g/mol. The predicted octanol–water partition coefficient (Wildman–Crippen LogP) is 4.52. The van der Waals surface area contributed by atoms with Gasteiger partial charge in [0.15, 0.2) is 0 Å². The van der Waals surface area contributed by atoms with Crippen LogP contribution in [-0.4, -0.2) is 47.9 Å². The summed E-state index contributed by atoms with van der Waals surface area (Å²) in [5.41, 5.74) is 1.51. The summed E-state index contributed by atoms with van der Waals surface area (Å²) < 4.78 is 45.9. The van der Waals surface area contributed by atoms with E-state index in [4.69, 9.17) is 4.74 Å². The molecule has 0 spiro atoms. The van der Waals surface area contributed by atoms with Crippen molar-refractivity contribution in [3.63, 3.8) is 0 Å². The zero-order chi connectivity index (χ0) is 21.7. The molecule has 4 rings (SSSR count). The second-order valence-corrected chi connectivity index (χ2v) is 7.99. The van der Waals surface area contributed by atoms with Gasteiger partial charge in [-0.25, -0.2) is 4.79 Å². The Labute approximate surface area is 171 Å². The molecule has 2 aromatic carbocycles. The van der Waals surface area contributed by atoms with Crippen molar-refractivity contribution in [2.24, 2.45) is 11.3 Å². The number of aliphatic carboxylic acids is 1. The van der Waals surface area contributed by atoms with E-state index in [0.29, 0.717) is 0 Å². The summed E-state index contributed by atoms with van der Waals surface area (Å²) in [6.07, 6.45) is -5.69. The Morgan fingerprint density at radius 2 is 1.63 bits per heavy atom. The summed E-state index contributed by atoms with van der Waals surface area (Å²) in [6, 6.07) is 15.4. The van der Waals surface area contributed by atoms with Crippen molar-refractivity contribution >= 4 is 12.1 Å². The van der Waals surface area contributed by atoms with Crippen LogP contribution in [0.1, 0.15) is 24.0 Å². The minimum Gasteiger partial charge on any atom is -0.481 e. The topological polar surface area (TPSA) is 66.8 Å². The Hall–Kier alpha value is -3.03. The minimum atomic E-state index is -4.76. The molecule has 30 heavy (non-hydrogen) atoms. The van der Waals surface area contributed by atoms with Gasteiger partial charge in [0.05, 0.1) is 11.3 Å². The van der Waals surface area contributed by atoms with E-state index in [2.05, 4.69) is 0 Å². The first kappa shape index (κ1) is 20.3. The van der Waals surface area contributed by atoms with Gasteiger partial charge in [-0.1, -0.05) is 48.5 Å². The second kappa shape index (κ2) is 7.04. The van der Waals surface area contributed by atoms with Gasteiger partial charge in [0, 0.05) is 19.0 Å².